The van der Waals surface area contributed by atoms with Crippen molar-refractivity contribution in [2.24, 2.45) is 0 Å². The molecule has 0 spiro atoms. The number of benzene rings is 1. The molecule has 0 radical (unpaired) electrons. The summed E-state index contributed by atoms with van der Waals surface area (Å²) in [6.07, 6.45) is 0.236. The van der Waals surface area contributed by atoms with Gasteiger partial charge >= 0.3 is 0 Å². The van der Waals surface area contributed by atoms with Crippen LogP contribution >= 0.6 is 0 Å². The molecule has 1 saturated heterocycles. The van der Waals surface area contributed by atoms with E-state index in [0.717, 1.165) is 23.3 Å². The van der Waals surface area contributed by atoms with Gasteiger partial charge in [0.15, 0.2) is 0 Å². The quantitative estimate of drug-likeness (QED) is 0.758. The van der Waals surface area contributed by atoms with E-state index in [1.165, 1.54) is 0 Å². The third-order valence-corrected chi connectivity index (χ3v) is 2.38. The first-order valence-corrected chi connectivity index (χ1v) is 5.13. The molecule has 80 valence electrons. The molecule has 2 rings (SSSR count). The normalized spacial score (nSPS) is 18.7. The van der Waals surface area contributed by atoms with E-state index in [9.17, 15) is 4.79 Å². The Hall–Kier alpha value is -1.35. The molecule has 1 aromatic rings. The minimum atomic E-state index is -0.0164. The Bertz CT molecular complexity index is 363. The standard InChI is InChI=1S/C12H15NO2/c1-8-3-9(2)5-10(4-8)12(14)13-6-11-7-15-11/h3-5,11H,6-7H2,1-2H3,(H,13,14)/t11-/m0/s1. The van der Waals surface area contributed by atoms with Crippen LogP contribution in [0.25, 0.3) is 0 Å². The van der Waals surface area contributed by atoms with Crippen LogP contribution in [0.15, 0.2) is 18.2 Å². The number of ether oxygens (including phenoxy) is 1. The predicted octanol–water partition coefficient (Wildman–Crippen LogP) is 1.43. The van der Waals surface area contributed by atoms with Crippen LogP contribution in [-0.4, -0.2) is 25.2 Å². The molecule has 1 N–H and O–H groups in total. The maximum Gasteiger partial charge on any atom is 0.251 e. The molecule has 1 heterocycles. The van der Waals surface area contributed by atoms with E-state index in [1.54, 1.807) is 0 Å². The summed E-state index contributed by atoms with van der Waals surface area (Å²) in [5.41, 5.74) is 2.96. The number of hydrogen-bond acceptors (Lipinski definition) is 2. The van der Waals surface area contributed by atoms with Crippen LogP contribution in [-0.2, 0) is 4.74 Å². The highest BCUT2D eigenvalue weighted by Gasteiger charge is 2.22. The highest BCUT2D eigenvalue weighted by molar-refractivity contribution is 5.94. The lowest BCUT2D eigenvalue weighted by atomic mass is 10.1. The molecule has 15 heavy (non-hydrogen) atoms. The average molecular weight is 205 g/mol. The third kappa shape index (κ3) is 2.80. The molecule has 0 aromatic heterocycles. The summed E-state index contributed by atoms with van der Waals surface area (Å²) in [6.45, 7) is 5.38. The summed E-state index contributed by atoms with van der Waals surface area (Å²) in [5, 5.41) is 2.85. The van der Waals surface area contributed by atoms with E-state index >= 15 is 0 Å². The van der Waals surface area contributed by atoms with Gasteiger partial charge in [0.1, 0.15) is 0 Å². The summed E-state index contributed by atoms with van der Waals surface area (Å²) in [6, 6.07) is 5.85. The molecule has 1 atom stereocenters. The van der Waals surface area contributed by atoms with E-state index in [-0.39, 0.29) is 12.0 Å². The molecule has 3 nitrogen and oxygen atoms in total. The van der Waals surface area contributed by atoms with Gasteiger partial charge in [-0.15, -0.1) is 0 Å². The van der Waals surface area contributed by atoms with Crippen molar-refractivity contribution >= 4 is 5.91 Å². The first-order valence-electron chi connectivity index (χ1n) is 5.13. The van der Waals surface area contributed by atoms with Gasteiger partial charge < -0.3 is 10.1 Å². The van der Waals surface area contributed by atoms with Gasteiger partial charge in [-0.05, 0) is 26.0 Å². The Morgan fingerprint density at radius 3 is 2.53 bits per heavy atom. The largest absolute Gasteiger partial charge is 0.371 e. The number of carbonyl (C=O) groups excluding carboxylic acids is 1. The number of carbonyl (C=O) groups is 1. The molecule has 1 fully saturated rings. The minimum absolute atomic E-state index is 0.0164. The fraction of sp³-hybridized carbons (Fsp3) is 0.417. The Balaban J connectivity index is 2.02. The summed E-state index contributed by atoms with van der Waals surface area (Å²) < 4.78 is 5.03. The zero-order chi connectivity index (χ0) is 10.8. The number of hydrogen-bond donors (Lipinski definition) is 1. The van der Waals surface area contributed by atoms with E-state index in [2.05, 4.69) is 11.4 Å². The lowest BCUT2D eigenvalue weighted by Crippen LogP contribution is -2.27. The topological polar surface area (TPSA) is 41.6 Å². The summed E-state index contributed by atoms with van der Waals surface area (Å²) in [4.78, 5) is 11.7. The predicted molar refractivity (Wildman–Crippen MR) is 58.0 cm³/mol. The van der Waals surface area contributed by atoms with Crippen LogP contribution in [0.2, 0.25) is 0 Å². The Kier molecular flexibility index (Phi) is 2.73. The molecule has 0 aliphatic carbocycles. The second-order valence-electron chi connectivity index (χ2n) is 4.04. The molecule has 0 bridgehead atoms. The van der Waals surface area contributed by atoms with Gasteiger partial charge in [-0.25, -0.2) is 0 Å². The van der Waals surface area contributed by atoms with Crippen LogP contribution < -0.4 is 5.32 Å². The first-order chi connectivity index (χ1) is 7.15. The lowest BCUT2D eigenvalue weighted by molar-refractivity contribution is 0.0950. The van der Waals surface area contributed by atoms with E-state index < -0.39 is 0 Å². The molecule has 1 aliphatic heterocycles. The Labute approximate surface area is 89.4 Å². The monoisotopic (exact) mass is 205 g/mol. The van der Waals surface area contributed by atoms with E-state index in [0.29, 0.717) is 6.54 Å². The molecule has 0 unspecified atom stereocenters. The van der Waals surface area contributed by atoms with Crippen molar-refractivity contribution in [3.05, 3.63) is 34.9 Å². The molecule has 3 heteroatoms. The van der Waals surface area contributed by atoms with Crippen molar-refractivity contribution in [3.63, 3.8) is 0 Å². The van der Waals surface area contributed by atoms with Crippen LogP contribution in [0.1, 0.15) is 21.5 Å². The van der Waals surface area contributed by atoms with Crippen LogP contribution in [0.3, 0.4) is 0 Å². The average Bonchev–Trinajstić information content (AvgIpc) is 2.96. The van der Waals surface area contributed by atoms with Gasteiger partial charge in [-0.3, -0.25) is 4.79 Å². The number of rotatable bonds is 3. The maximum atomic E-state index is 11.7. The van der Waals surface area contributed by atoms with Crippen molar-refractivity contribution in [2.75, 3.05) is 13.2 Å². The van der Waals surface area contributed by atoms with Crippen LogP contribution in [0.5, 0.6) is 0 Å². The molecule has 1 aromatic carbocycles. The SMILES string of the molecule is Cc1cc(C)cc(C(=O)NC[C@H]2CO2)c1. The Morgan fingerprint density at radius 1 is 1.40 bits per heavy atom. The van der Waals surface area contributed by atoms with Gasteiger partial charge in [-0.2, -0.15) is 0 Å². The van der Waals surface area contributed by atoms with Crippen LogP contribution in [0, 0.1) is 13.8 Å². The first kappa shape index (κ1) is 10.2. The van der Waals surface area contributed by atoms with Crippen LogP contribution in [0.4, 0.5) is 0 Å². The van der Waals surface area contributed by atoms with Gasteiger partial charge in [0, 0.05) is 12.1 Å². The Morgan fingerprint density at radius 2 is 2.00 bits per heavy atom. The van der Waals surface area contributed by atoms with Gasteiger partial charge in [-0.1, -0.05) is 17.2 Å². The van der Waals surface area contributed by atoms with Crippen molar-refractivity contribution in [2.45, 2.75) is 20.0 Å². The smallest absolute Gasteiger partial charge is 0.251 e. The summed E-state index contributed by atoms with van der Waals surface area (Å²) in [5.74, 6) is -0.0164. The molecule has 1 amide bonds. The number of nitrogens with one attached hydrogen (secondary N) is 1. The number of aryl methyl sites for hydroxylation is 2. The molecule has 1 aliphatic rings. The van der Waals surface area contributed by atoms with E-state index in [4.69, 9.17) is 4.74 Å². The van der Waals surface area contributed by atoms with Gasteiger partial charge in [0.25, 0.3) is 5.91 Å². The van der Waals surface area contributed by atoms with Gasteiger partial charge in [0.05, 0.1) is 12.7 Å². The minimum Gasteiger partial charge on any atom is -0.371 e. The highest BCUT2D eigenvalue weighted by Crippen LogP contribution is 2.10. The van der Waals surface area contributed by atoms with E-state index in [1.807, 2.05) is 26.0 Å². The fourth-order valence-corrected chi connectivity index (χ4v) is 1.60. The second-order valence-corrected chi connectivity index (χ2v) is 4.04. The zero-order valence-electron chi connectivity index (χ0n) is 9.04. The second kappa shape index (κ2) is 4.03. The summed E-state index contributed by atoms with van der Waals surface area (Å²) >= 11 is 0. The molecule has 0 saturated carbocycles. The fourth-order valence-electron chi connectivity index (χ4n) is 1.60. The zero-order valence-corrected chi connectivity index (χ0v) is 9.04. The summed E-state index contributed by atoms with van der Waals surface area (Å²) in [7, 11) is 0. The number of epoxide rings is 1. The molecular formula is C12H15NO2. The highest BCUT2D eigenvalue weighted by atomic mass is 16.6. The van der Waals surface area contributed by atoms with Crippen molar-refractivity contribution in [3.8, 4) is 0 Å². The molecular weight excluding hydrogens is 190 g/mol. The van der Waals surface area contributed by atoms with Crippen molar-refractivity contribution in [1.29, 1.82) is 0 Å². The van der Waals surface area contributed by atoms with Crippen molar-refractivity contribution in [1.82, 2.24) is 5.32 Å². The maximum absolute atomic E-state index is 11.7. The van der Waals surface area contributed by atoms with Gasteiger partial charge in [0.2, 0.25) is 0 Å². The lowest BCUT2D eigenvalue weighted by Gasteiger charge is -2.05. The number of amides is 1. The third-order valence-electron chi connectivity index (χ3n) is 2.38. The van der Waals surface area contributed by atoms with Crippen molar-refractivity contribution < 1.29 is 9.53 Å².